The molecule has 0 unspecified atom stereocenters. The van der Waals surface area contributed by atoms with Crippen molar-refractivity contribution in [3.05, 3.63) is 23.8 Å². The number of aromatic hydroxyl groups is 1. The lowest BCUT2D eigenvalue weighted by molar-refractivity contribution is 0.461. The summed E-state index contributed by atoms with van der Waals surface area (Å²) in [6.45, 7) is 0. The molecule has 1 aromatic carbocycles. The molecule has 2 nitrogen and oxygen atoms in total. The van der Waals surface area contributed by atoms with Crippen molar-refractivity contribution in [3.63, 3.8) is 0 Å². The fourth-order valence-electron chi connectivity index (χ4n) is 0.820. The number of hydrogen-bond acceptors (Lipinski definition) is 3. The van der Waals surface area contributed by atoms with Crippen molar-refractivity contribution < 1.29 is 5.11 Å². The smallest absolute Gasteiger partial charge is 0.137 e. The van der Waals surface area contributed by atoms with Gasteiger partial charge in [-0.2, -0.15) is 0 Å². The first kappa shape index (κ1) is 8.14. The maximum atomic E-state index is 9.42. The lowest BCUT2D eigenvalue weighted by atomic mass is 10.2. The van der Waals surface area contributed by atoms with Crippen LogP contribution in [0.5, 0.6) is 5.75 Å². The summed E-state index contributed by atoms with van der Waals surface area (Å²) in [5, 5.41) is 16.4. The minimum Gasteiger partial charge on any atom is -0.506 e. The number of benzene rings is 1. The van der Waals surface area contributed by atoms with E-state index < -0.39 is 0 Å². The number of nitrogens with one attached hydrogen (secondary N) is 1. The van der Waals surface area contributed by atoms with Crippen molar-refractivity contribution in [3.8, 4) is 5.75 Å². The van der Waals surface area contributed by atoms with E-state index in [1.807, 2.05) is 18.4 Å². The first-order valence-electron chi connectivity index (χ1n) is 3.16. The van der Waals surface area contributed by atoms with E-state index in [0.29, 0.717) is 5.56 Å². The monoisotopic (exact) mass is 167 g/mol. The van der Waals surface area contributed by atoms with Crippen LogP contribution in [0.3, 0.4) is 0 Å². The highest BCUT2D eigenvalue weighted by Gasteiger charge is 2.01. The molecule has 1 aromatic rings. The van der Waals surface area contributed by atoms with Crippen molar-refractivity contribution in [2.24, 2.45) is 0 Å². The molecule has 0 aliphatic rings. The van der Waals surface area contributed by atoms with Gasteiger partial charge in [0.1, 0.15) is 5.75 Å². The van der Waals surface area contributed by atoms with E-state index in [-0.39, 0.29) is 5.75 Å². The van der Waals surface area contributed by atoms with E-state index in [9.17, 15) is 5.11 Å². The van der Waals surface area contributed by atoms with E-state index >= 15 is 0 Å². The normalized spacial score (nSPS) is 9.55. The van der Waals surface area contributed by atoms with Crippen LogP contribution in [-0.2, 0) is 0 Å². The molecular weight excluding hydrogens is 158 g/mol. The summed E-state index contributed by atoms with van der Waals surface area (Å²) in [5.41, 5.74) is 0.567. The van der Waals surface area contributed by atoms with Gasteiger partial charge in [0.2, 0.25) is 0 Å². The van der Waals surface area contributed by atoms with Crippen LogP contribution in [0.2, 0.25) is 0 Å². The van der Waals surface area contributed by atoms with Crippen LogP contribution in [0.15, 0.2) is 23.1 Å². The number of hydrogen-bond donors (Lipinski definition) is 2. The molecule has 0 heterocycles. The van der Waals surface area contributed by atoms with Crippen molar-refractivity contribution in [1.82, 2.24) is 0 Å². The Morgan fingerprint density at radius 1 is 1.55 bits per heavy atom. The summed E-state index contributed by atoms with van der Waals surface area (Å²) in [4.78, 5) is 0.811. The molecule has 0 aliphatic carbocycles. The van der Waals surface area contributed by atoms with Crippen LogP contribution in [0.4, 0.5) is 0 Å². The largest absolute Gasteiger partial charge is 0.506 e. The van der Waals surface area contributed by atoms with E-state index in [1.165, 1.54) is 11.8 Å². The average Bonchev–Trinajstić information content (AvgIpc) is 2.05. The second-order valence-corrected chi connectivity index (χ2v) is 2.89. The SMILES string of the molecule is CSc1cccc(C=N)c1O. The predicted octanol–water partition coefficient (Wildman–Crippen LogP) is 2.11. The van der Waals surface area contributed by atoms with Gasteiger partial charge in [-0.3, -0.25) is 0 Å². The maximum Gasteiger partial charge on any atom is 0.137 e. The number of para-hydroxylation sites is 1. The zero-order valence-electron chi connectivity index (χ0n) is 6.16. The lowest BCUT2D eigenvalue weighted by Gasteiger charge is -2.02. The Kier molecular flexibility index (Phi) is 2.54. The fourth-order valence-corrected chi connectivity index (χ4v) is 1.35. The van der Waals surface area contributed by atoms with Crippen LogP contribution in [0.1, 0.15) is 5.56 Å². The molecule has 0 aliphatic heterocycles. The Bertz CT molecular complexity index is 273. The van der Waals surface area contributed by atoms with E-state index in [1.54, 1.807) is 6.07 Å². The second kappa shape index (κ2) is 3.44. The highest BCUT2D eigenvalue weighted by molar-refractivity contribution is 7.98. The summed E-state index contributed by atoms with van der Waals surface area (Å²) in [7, 11) is 0. The van der Waals surface area contributed by atoms with Gasteiger partial charge >= 0.3 is 0 Å². The topological polar surface area (TPSA) is 44.1 Å². The van der Waals surface area contributed by atoms with Gasteiger partial charge in [-0.05, 0) is 18.4 Å². The van der Waals surface area contributed by atoms with Gasteiger partial charge in [0, 0.05) is 16.7 Å². The molecule has 0 spiro atoms. The number of thioether (sulfide) groups is 1. The number of phenols is 1. The van der Waals surface area contributed by atoms with Crippen molar-refractivity contribution in [2.75, 3.05) is 6.26 Å². The summed E-state index contributed by atoms with van der Waals surface area (Å²) in [6, 6.07) is 5.36. The van der Waals surface area contributed by atoms with Gasteiger partial charge in [-0.25, -0.2) is 0 Å². The Balaban J connectivity index is 3.20. The highest BCUT2D eigenvalue weighted by atomic mass is 32.2. The number of phenolic OH excluding ortho intramolecular Hbond substituents is 1. The van der Waals surface area contributed by atoms with E-state index in [0.717, 1.165) is 11.1 Å². The summed E-state index contributed by atoms with van der Waals surface area (Å²) in [6.07, 6.45) is 3.04. The van der Waals surface area contributed by atoms with Gasteiger partial charge in [0.25, 0.3) is 0 Å². The molecule has 1 rings (SSSR count). The summed E-state index contributed by atoms with van der Waals surface area (Å²) < 4.78 is 0. The molecule has 58 valence electrons. The zero-order valence-corrected chi connectivity index (χ0v) is 6.98. The van der Waals surface area contributed by atoms with Crippen molar-refractivity contribution in [1.29, 1.82) is 5.41 Å². The Morgan fingerprint density at radius 3 is 2.82 bits per heavy atom. The van der Waals surface area contributed by atoms with Crippen molar-refractivity contribution in [2.45, 2.75) is 4.90 Å². The van der Waals surface area contributed by atoms with E-state index in [2.05, 4.69) is 0 Å². The van der Waals surface area contributed by atoms with Crippen LogP contribution in [-0.4, -0.2) is 17.6 Å². The second-order valence-electron chi connectivity index (χ2n) is 2.04. The lowest BCUT2D eigenvalue weighted by Crippen LogP contribution is -1.82. The molecular formula is C8H9NOS. The van der Waals surface area contributed by atoms with Gasteiger partial charge in [0.15, 0.2) is 0 Å². The third kappa shape index (κ3) is 1.54. The average molecular weight is 167 g/mol. The molecule has 0 amide bonds. The zero-order chi connectivity index (χ0) is 8.27. The number of rotatable bonds is 2. The molecule has 0 atom stereocenters. The highest BCUT2D eigenvalue weighted by Crippen LogP contribution is 2.28. The first-order valence-corrected chi connectivity index (χ1v) is 4.38. The quantitative estimate of drug-likeness (QED) is 0.523. The third-order valence-electron chi connectivity index (χ3n) is 1.41. The summed E-state index contributed by atoms with van der Waals surface area (Å²) >= 11 is 1.47. The molecule has 0 saturated heterocycles. The van der Waals surface area contributed by atoms with Crippen LogP contribution in [0.25, 0.3) is 0 Å². The molecule has 0 fully saturated rings. The minimum absolute atomic E-state index is 0.204. The van der Waals surface area contributed by atoms with Crippen LogP contribution < -0.4 is 0 Å². The standard InChI is InChI=1S/C8H9NOS/c1-11-7-4-2-3-6(5-9)8(7)10/h2-5,9-10H,1H3. The fraction of sp³-hybridized carbons (Fsp3) is 0.125. The molecule has 11 heavy (non-hydrogen) atoms. The third-order valence-corrected chi connectivity index (χ3v) is 2.17. The summed E-state index contributed by atoms with van der Waals surface area (Å²) in [5.74, 6) is 0.204. The minimum atomic E-state index is 0.204. The Morgan fingerprint density at radius 2 is 2.27 bits per heavy atom. The van der Waals surface area contributed by atoms with Crippen LogP contribution in [0, 0.1) is 5.41 Å². The molecule has 0 bridgehead atoms. The van der Waals surface area contributed by atoms with Crippen molar-refractivity contribution >= 4 is 18.0 Å². The van der Waals surface area contributed by atoms with Gasteiger partial charge < -0.3 is 10.5 Å². The maximum absolute atomic E-state index is 9.42. The molecule has 0 aromatic heterocycles. The van der Waals surface area contributed by atoms with Gasteiger partial charge in [-0.1, -0.05) is 6.07 Å². The van der Waals surface area contributed by atoms with Gasteiger partial charge in [0.05, 0.1) is 0 Å². The molecule has 2 N–H and O–H groups in total. The Hall–Kier alpha value is -0.960. The van der Waals surface area contributed by atoms with Gasteiger partial charge in [-0.15, -0.1) is 11.8 Å². The first-order chi connectivity index (χ1) is 5.29. The predicted molar refractivity (Wildman–Crippen MR) is 47.8 cm³/mol. The molecule has 0 saturated carbocycles. The molecule has 3 heteroatoms. The Labute approximate surface area is 69.8 Å². The van der Waals surface area contributed by atoms with Crippen LogP contribution >= 0.6 is 11.8 Å². The van der Waals surface area contributed by atoms with E-state index in [4.69, 9.17) is 5.41 Å². The molecule has 0 radical (unpaired) electrons.